The van der Waals surface area contributed by atoms with Gasteiger partial charge in [0.25, 0.3) is 0 Å². The molecule has 0 bridgehead atoms. The number of carbonyl (C=O) groups excluding carboxylic acids is 2. The third-order valence-electron chi connectivity index (χ3n) is 5.53. The number of carbonyl (C=O) groups is 2. The van der Waals surface area contributed by atoms with Gasteiger partial charge in [0.1, 0.15) is 11.5 Å². The number of hydrogen-bond donors (Lipinski definition) is 1. The Labute approximate surface area is 179 Å². The molecule has 3 aromatic carbocycles. The van der Waals surface area contributed by atoms with E-state index in [2.05, 4.69) is 12.2 Å². The zero-order valence-corrected chi connectivity index (χ0v) is 17.3. The Balaban J connectivity index is 1.64. The molecule has 0 fully saturated rings. The van der Waals surface area contributed by atoms with Crippen molar-refractivity contribution in [3.05, 3.63) is 87.8 Å². The molecule has 0 saturated carbocycles. The Morgan fingerprint density at radius 2 is 1.23 bits per heavy atom. The molecule has 0 aromatic heterocycles. The van der Waals surface area contributed by atoms with E-state index >= 15 is 0 Å². The maximum absolute atomic E-state index is 12.7. The van der Waals surface area contributed by atoms with Gasteiger partial charge in [-0.25, -0.2) is 9.59 Å². The van der Waals surface area contributed by atoms with Crippen LogP contribution in [0.2, 0.25) is 0 Å². The number of hydrogen-bond acceptors (Lipinski definition) is 5. The number of fused-ring (bicyclic) bond motifs is 2. The minimum Gasteiger partial charge on any atom is -0.422 e. The third kappa shape index (κ3) is 3.28. The summed E-state index contributed by atoms with van der Waals surface area (Å²) in [5, 5.41) is 4.59. The molecule has 5 nitrogen and oxygen atoms in total. The summed E-state index contributed by atoms with van der Waals surface area (Å²) in [5.74, 6) is 0.0733. The number of ether oxygens (including phenoxy) is 2. The van der Waals surface area contributed by atoms with Gasteiger partial charge < -0.3 is 14.8 Å². The van der Waals surface area contributed by atoms with Crippen molar-refractivity contribution in [2.45, 2.75) is 20.3 Å². The van der Waals surface area contributed by atoms with Crippen molar-refractivity contribution in [2.75, 3.05) is 11.9 Å². The van der Waals surface area contributed by atoms with Crippen LogP contribution in [0, 0.1) is 6.92 Å². The largest absolute Gasteiger partial charge is 0.422 e. The summed E-state index contributed by atoms with van der Waals surface area (Å²) in [6.07, 6.45) is 1.03. The van der Waals surface area contributed by atoms with Crippen LogP contribution in [0.4, 0.5) is 5.69 Å². The molecule has 2 aliphatic rings. The molecule has 0 aliphatic carbocycles. The normalized spacial score (nSPS) is 14.3. The van der Waals surface area contributed by atoms with E-state index in [4.69, 9.17) is 9.47 Å². The first-order valence-electron chi connectivity index (χ1n) is 10.3. The first kappa shape index (κ1) is 19.1. The predicted octanol–water partition coefficient (Wildman–Crippen LogP) is 3.05. The molecule has 0 amide bonds. The molecule has 1 N–H and O–H groups in total. The first-order valence-corrected chi connectivity index (χ1v) is 10.3. The van der Waals surface area contributed by atoms with Crippen molar-refractivity contribution in [3.63, 3.8) is 0 Å². The van der Waals surface area contributed by atoms with Crippen LogP contribution < -0.4 is 25.2 Å². The monoisotopic (exact) mass is 411 g/mol. The average Bonchev–Trinajstić information content (AvgIpc) is 3.26. The number of anilines is 1. The van der Waals surface area contributed by atoms with Gasteiger partial charge in [-0.3, -0.25) is 0 Å². The van der Waals surface area contributed by atoms with Gasteiger partial charge >= 0.3 is 11.9 Å². The van der Waals surface area contributed by atoms with Gasteiger partial charge in [-0.15, -0.1) is 0 Å². The highest BCUT2D eigenvalue weighted by atomic mass is 16.5. The fourth-order valence-electron chi connectivity index (χ4n) is 3.93. The lowest BCUT2D eigenvalue weighted by Crippen LogP contribution is -2.11. The molecule has 0 spiro atoms. The van der Waals surface area contributed by atoms with Crippen molar-refractivity contribution in [2.24, 2.45) is 0 Å². The van der Waals surface area contributed by atoms with Gasteiger partial charge in [0, 0.05) is 22.7 Å². The van der Waals surface area contributed by atoms with Gasteiger partial charge in [0.15, 0.2) is 0 Å². The standard InChI is InChI=1S/C26H21NO4/c1-3-12-27-18-10-8-17(9-11-18)24-20-14-21-19(13-22(20)31-26(24)29)23(25(28)30-21)16-6-4-15(2)5-7-16/h4-11,13-14,27H,3,12H2,1-2H3. The Kier molecular flexibility index (Phi) is 4.59. The van der Waals surface area contributed by atoms with Gasteiger partial charge in [0.2, 0.25) is 0 Å². The van der Waals surface area contributed by atoms with Crippen molar-refractivity contribution < 1.29 is 19.1 Å². The zero-order chi connectivity index (χ0) is 21.5. The SMILES string of the molecule is CCCNc1ccc(C2=c3cc4c(cc3OC2=O)=C(c2ccc(C)cc2)C(=O)O4)cc1. The first-order chi connectivity index (χ1) is 15.0. The highest BCUT2D eigenvalue weighted by molar-refractivity contribution is 6.21. The average molecular weight is 411 g/mol. The molecule has 3 aromatic rings. The van der Waals surface area contributed by atoms with Gasteiger partial charge in [-0.2, -0.15) is 0 Å². The van der Waals surface area contributed by atoms with E-state index in [-0.39, 0.29) is 0 Å². The van der Waals surface area contributed by atoms with E-state index in [1.807, 2.05) is 55.5 Å². The molecule has 0 unspecified atom stereocenters. The predicted molar refractivity (Wildman–Crippen MR) is 118 cm³/mol. The summed E-state index contributed by atoms with van der Waals surface area (Å²) >= 11 is 0. The molecular weight excluding hydrogens is 390 g/mol. The van der Waals surface area contributed by atoms with Crippen LogP contribution in [0.5, 0.6) is 11.5 Å². The second-order valence-electron chi connectivity index (χ2n) is 7.74. The van der Waals surface area contributed by atoms with E-state index in [0.717, 1.165) is 35.3 Å². The Bertz CT molecular complexity index is 1340. The molecule has 154 valence electrons. The van der Waals surface area contributed by atoms with Crippen LogP contribution in [0.25, 0.3) is 11.1 Å². The van der Waals surface area contributed by atoms with E-state index in [9.17, 15) is 9.59 Å². The Hall–Kier alpha value is -3.86. The summed E-state index contributed by atoms with van der Waals surface area (Å²) in [6.45, 7) is 4.99. The topological polar surface area (TPSA) is 64.6 Å². The van der Waals surface area contributed by atoms with Crippen LogP contribution in [0.3, 0.4) is 0 Å². The molecular formula is C26H21NO4. The number of nitrogens with one attached hydrogen (secondary N) is 1. The number of benzene rings is 3. The minimum absolute atomic E-state index is 0.401. The molecule has 0 atom stereocenters. The summed E-state index contributed by atoms with van der Waals surface area (Å²) < 4.78 is 11.1. The summed E-state index contributed by atoms with van der Waals surface area (Å²) in [7, 11) is 0. The molecule has 2 heterocycles. The van der Waals surface area contributed by atoms with Crippen LogP contribution in [-0.2, 0) is 9.59 Å². The van der Waals surface area contributed by atoms with Crippen LogP contribution in [0.15, 0.2) is 60.7 Å². The lowest BCUT2D eigenvalue weighted by molar-refractivity contribution is -0.128. The highest BCUT2D eigenvalue weighted by Gasteiger charge is 2.30. The van der Waals surface area contributed by atoms with Crippen molar-refractivity contribution in [3.8, 4) is 11.5 Å². The fourth-order valence-corrected chi connectivity index (χ4v) is 3.93. The Morgan fingerprint density at radius 1 is 0.742 bits per heavy atom. The van der Waals surface area contributed by atoms with Gasteiger partial charge in [0.05, 0.1) is 11.1 Å². The number of rotatable bonds is 5. The lowest BCUT2D eigenvalue weighted by atomic mass is 10.0. The molecule has 5 rings (SSSR count). The summed E-state index contributed by atoms with van der Waals surface area (Å²) in [4.78, 5) is 25.3. The van der Waals surface area contributed by atoms with Crippen LogP contribution >= 0.6 is 0 Å². The molecule has 0 radical (unpaired) electrons. The van der Waals surface area contributed by atoms with Gasteiger partial charge in [-0.05, 0) is 48.7 Å². The maximum Gasteiger partial charge on any atom is 0.344 e. The fraction of sp³-hybridized carbons (Fsp3) is 0.154. The highest BCUT2D eigenvalue weighted by Crippen LogP contribution is 2.27. The van der Waals surface area contributed by atoms with E-state index in [1.54, 1.807) is 12.1 Å². The summed E-state index contributed by atoms with van der Waals surface area (Å²) in [6, 6.07) is 18.8. The maximum atomic E-state index is 12.7. The van der Waals surface area contributed by atoms with Crippen molar-refractivity contribution >= 4 is 28.8 Å². The van der Waals surface area contributed by atoms with Crippen LogP contribution in [0.1, 0.15) is 30.0 Å². The van der Waals surface area contributed by atoms with E-state index < -0.39 is 11.9 Å². The van der Waals surface area contributed by atoms with Crippen molar-refractivity contribution in [1.29, 1.82) is 0 Å². The second kappa shape index (κ2) is 7.43. The smallest absolute Gasteiger partial charge is 0.344 e. The molecule has 2 aliphatic heterocycles. The molecule has 0 saturated heterocycles. The number of esters is 2. The quantitative estimate of drug-likeness (QED) is 0.516. The minimum atomic E-state index is -0.406. The molecule has 5 heteroatoms. The van der Waals surface area contributed by atoms with Gasteiger partial charge in [-0.1, -0.05) is 48.9 Å². The number of aryl methyl sites for hydroxylation is 1. The zero-order valence-electron chi connectivity index (χ0n) is 17.3. The lowest BCUT2D eigenvalue weighted by Gasteiger charge is -2.06. The summed E-state index contributed by atoms with van der Waals surface area (Å²) in [5.41, 5.74) is 4.59. The third-order valence-corrected chi connectivity index (χ3v) is 5.53. The second-order valence-corrected chi connectivity index (χ2v) is 7.74. The van der Waals surface area contributed by atoms with Crippen LogP contribution in [-0.4, -0.2) is 18.5 Å². The van der Waals surface area contributed by atoms with E-state index in [1.165, 1.54) is 0 Å². The molecule has 31 heavy (non-hydrogen) atoms. The Morgan fingerprint density at radius 3 is 1.71 bits per heavy atom. The van der Waals surface area contributed by atoms with E-state index in [0.29, 0.717) is 33.1 Å². The van der Waals surface area contributed by atoms with Crippen molar-refractivity contribution in [1.82, 2.24) is 0 Å².